The molecule has 2 heterocycles. The number of carbonyl (C=O) groups excluding carboxylic acids is 2. The van der Waals surface area contributed by atoms with Crippen LogP contribution in [0.5, 0.6) is 0 Å². The summed E-state index contributed by atoms with van der Waals surface area (Å²) in [6, 6.07) is 7.31. The van der Waals surface area contributed by atoms with Crippen molar-refractivity contribution in [3.63, 3.8) is 0 Å². The number of carbonyl (C=O) groups is 2. The van der Waals surface area contributed by atoms with Crippen LogP contribution in [-0.2, 0) is 23.3 Å². The van der Waals surface area contributed by atoms with Crippen molar-refractivity contribution in [3.8, 4) is 0 Å². The molecular formula is C19H23N3O2S. The highest BCUT2D eigenvalue weighted by molar-refractivity contribution is 7.09. The van der Waals surface area contributed by atoms with E-state index in [-0.39, 0.29) is 18.5 Å². The number of benzene rings is 1. The molecule has 3 rings (SSSR count). The topological polar surface area (TPSA) is 62.3 Å². The predicted octanol–water partition coefficient (Wildman–Crippen LogP) is 3.76. The van der Waals surface area contributed by atoms with Crippen molar-refractivity contribution in [2.24, 2.45) is 0 Å². The molecule has 1 atom stereocenters. The molecule has 0 bridgehead atoms. The third kappa shape index (κ3) is 3.44. The second-order valence-electron chi connectivity index (χ2n) is 6.65. The van der Waals surface area contributed by atoms with Gasteiger partial charge < -0.3 is 5.32 Å². The number of thiazole rings is 1. The number of nitrogens with zero attached hydrogens (tertiary/aromatic N) is 2. The lowest BCUT2D eigenvalue weighted by molar-refractivity contribution is -0.131. The van der Waals surface area contributed by atoms with Crippen molar-refractivity contribution in [3.05, 3.63) is 51.5 Å². The van der Waals surface area contributed by atoms with Gasteiger partial charge in [0.2, 0.25) is 0 Å². The van der Waals surface area contributed by atoms with Crippen LogP contribution in [0.15, 0.2) is 29.6 Å². The van der Waals surface area contributed by atoms with Crippen LogP contribution in [-0.4, -0.2) is 21.8 Å². The maximum Gasteiger partial charge on any atom is 0.325 e. The first-order chi connectivity index (χ1) is 11.9. The average molecular weight is 357 g/mol. The fraction of sp³-hybridized carbons (Fsp3) is 0.421. The fourth-order valence-corrected chi connectivity index (χ4v) is 3.78. The zero-order chi connectivity index (χ0) is 18.0. The van der Waals surface area contributed by atoms with E-state index >= 15 is 0 Å². The van der Waals surface area contributed by atoms with Gasteiger partial charge in [-0.1, -0.05) is 43.2 Å². The minimum Gasteiger partial charge on any atom is -0.319 e. The Morgan fingerprint density at radius 3 is 2.64 bits per heavy atom. The first-order valence-electron chi connectivity index (χ1n) is 8.58. The van der Waals surface area contributed by atoms with E-state index in [1.807, 2.05) is 36.6 Å². The number of unbranched alkanes of at least 4 members (excludes halogenated alkanes) is 1. The van der Waals surface area contributed by atoms with Crippen molar-refractivity contribution in [2.75, 3.05) is 0 Å². The number of urea groups is 1. The molecule has 0 radical (unpaired) electrons. The van der Waals surface area contributed by atoms with Crippen molar-refractivity contribution in [2.45, 2.75) is 52.1 Å². The predicted molar refractivity (Wildman–Crippen MR) is 98.3 cm³/mol. The van der Waals surface area contributed by atoms with Crippen LogP contribution in [0.4, 0.5) is 4.79 Å². The number of hydrogen-bond donors (Lipinski definition) is 1. The van der Waals surface area contributed by atoms with Crippen molar-refractivity contribution in [1.82, 2.24) is 15.2 Å². The number of rotatable bonds is 6. The Morgan fingerprint density at radius 2 is 1.96 bits per heavy atom. The molecule has 1 aliphatic heterocycles. The first kappa shape index (κ1) is 17.6. The highest BCUT2D eigenvalue weighted by Gasteiger charge is 2.49. The highest BCUT2D eigenvalue weighted by atomic mass is 32.1. The van der Waals surface area contributed by atoms with Gasteiger partial charge in [-0.15, -0.1) is 11.3 Å². The summed E-state index contributed by atoms with van der Waals surface area (Å²) in [7, 11) is 0. The van der Waals surface area contributed by atoms with Crippen LogP contribution in [0.2, 0.25) is 0 Å². The molecule has 1 aromatic heterocycles. The molecule has 1 unspecified atom stereocenters. The van der Waals surface area contributed by atoms with E-state index in [0.29, 0.717) is 0 Å². The minimum atomic E-state index is -1.02. The van der Waals surface area contributed by atoms with E-state index in [9.17, 15) is 9.59 Å². The molecule has 1 aliphatic rings. The molecule has 1 fully saturated rings. The van der Waals surface area contributed by atoms with E-state index in [0.717, 1.165) is 41.1 Å². The Bertz CT molecular complexity index is 784. The number of aryl methyl sites for hydroxylation is 2. The molecule has 0 aliphatic carbocycles. The van der Waals surface area contributed by atoms with E-state index in [2.05, 4.69) is 17.2 Å². The highest BCUT2D eigenvalue weighted by Crippen LogP contribution is 2.30. The molecule has 0 saturated carbocycles. The van der Waals surface area contributed by atoms with E-state index < -0.39 is 5.54 Å². The normalized spacial score (nSPS) is 20.2. The maximum atomic E-state index is 12.9. The van der Waals surface area contributed by atoms with Gasteiger partial charge in [-0.25, -0.2) is 9.78 Å². The van der Waals surface area contributed by atoms with Crippen LogP contribution in [0.3, 0.4) is 0 Å². The summed E-state index contributed by atoms with van der Waals surface area (Å²) in [5.41, 5.74) is 1.66. The summed E-state index contributed by atoms with van der Waals surface area (Å²) in [6.07, 6.45) is 3.17. The Balaban J connectivity index is 1.77. The van der Waals surface area contributed by atoms with Gasteiger partial charge in [-0.3, -0.25) is 9.69 Å². The van der Waals surface area contributed by atoms with Crippen LogP contribution < -0.4 is 5.32 Å². The third-order valence-electron chi connectivity index (χ3n) is 4.57. The number of nitrogens with one attached hydrogen (secondary N) is 1. The lowest BCUT2D eigenvalue weighted by atomic mass is 9.91. The van der Waals surface area contributed by atoms with Crippen LogP contribution in [0.1, 0.15) is 48.5 Å². The van der Waals surface area contributed by atoms with Gasteiger partial charge in [0.05, 0.1) is 17.2 Å². The standard InChI is InChI=1S/C19H23N3O2S/c1-4-5-6-16-20-15(12-25-16)11-22-17(23)19(3,21-18(22)24)14-9-7-13(2)8-10-14/h7-10,12H,4-6,11H2,1-3H3,(H,21,24). The quantitative estimate of drug-likeness (QED) is 0.801. The molecule has 0 spiro atoms. The van der Waals surface area contributed by atoms with Gasteiger partial charge in [0.15, 0.2) is 0 Å². The van der Waals surface area contributed by atoms with Crippen molar-refractivity contribution < 1.29 is 9.59 Å². The first-order valence-corrected chi connectivity index (χ1v) is 9.46. The molecule has 1 N–H and O–H groups in total. The molecule has 2 aromatic rings. The number of hydrogen-bond acceptors (Lipinski definition) is 4. The lowest BCUT2D eigenvalue weighted by Gasteiger charge is -2.22. The van der Waals surface area contributed by atoms with Crippen LogP contribution >= 0.6 is 11.3 Å². The lowest BCUT2D eigenvalue weighted by Crippen LogP contribution is -2.40. The number of imide groups is 1. The van der Waals surface area contributed by atoms with Crippen LogP contribution in [0, 0.1) is 6.92 Å². The van der Waals surface area contributed by atoms with Gasteiger partial charge in [-0.05, 0) is 32.3 Å². The SMILES string of the molecule is CCCCc1nc(CN2C(=O)NC(C)(c3ccc(C)cc3)C2=O)cs1. The zero-order valence-corrected chi connectivity index (χ0v) is 15.7. The summed E-state index contributed by atoms with van der Waals surface area (Å²) in [5.74, 6) is -0.232. The van der Waals surface area contributed by atoms with Gasteiger partial charge in [-0.2, -0.15) is 0 Å². The molecule has 5 nitrogen and oxygen atoms in total. The van der Waals surface area contributed by atoms with E-state index in [4.69, 9.17) is 0 Å². The second-order valence-corrected chi connectivity index (χ2v) is 7.59. The summed E-state index contributed by atoms with van der Waals surface area (Å²) in [5, 5.41) is 5.84. The van der Waals surface area contributed by atoms with Gasteiger partial charge in [0, 0.05) is 5.38 Å². The molecule has 25 heavy (non-hydrogen) atoms. The Kier molecular flexibility index (Phi) is 4.90. The molecular weight excluding hydrogens is 334 g/mol. The van der Waals surface area contributed by atoms with Gasteiger partial charge in [0.1, 0.15) is 5.54 Å². The molecule has 3 amide bonds. The summed E-state index contributed by atoms with van der Waals surface area (Å²) >= 11 is 1.59. The van der Waals surface area contributed by atoms with E-state index in [1.54, 1.807) is 18.3 Å². The Hall–Kier alpha value is -2.21. The third-order valence-corrected chi connectivity index (χ3v) is 5.52. The Labute approximate surface area is 152 Å². The summed E-state index contributed by atoms with van der Waals surface area (Å²) in [4.78, 5) is 31.1. The van der Waals surface area contributed by atoms with Gasteiger partial charge in [0.25, 0.3) is 5.91 Å². The average Bonchev–Trinajstić information content (AvgIpc) is 3.12. The van der Waals surface area contributed by atoms with Crippen molar-refractivity contribution in [1.29, 1.82) is 0 Å². The molecule has 6 heteroatoms. The maximum absolute atomic E-state index is 12.9. The minimum absolute atomic E-state index is 0.217. The monoisotopic (exact) mass is 357 g/mol. The summed E-state index contributed by atoms with van der Waals surface area (Å²) in [6.45, 7) is 6.11. The second kappa shape index (κ2) is 6.96. The Morgan fingerprint density at radius 1 is 1.24 bits per heavy atom. The number of amides is 3. The summed E-state index contributed by atoms with van der Waals surface area (Å²) < 4.78 is 0. The largest absolute Gasteiger partial charge is 0.325 e. The van der Waals surface area contributed by atoms with Crippen LogP contribution in [0.25, 0.3) is 0 Å². The van der Waals surface area contributed by atoms with Crippen molar-refractivity contribution >= 4 is 23.3 Å². The smallest absolute Gasteiger partial charge is 0.319 e. The van der Waals surface area contributed by atoms with E-state index in [1.165, 1.54) is 4.90 Å². The molecule has 132 valence electrons. The molecule has 1 saturated heterocycles. The zero-order valence-electron chi connectivity index (χ0n) is 14.8. The van der Waals surface area contributed by atoms with Gasteiger partial charge >= 0.3 is 6.03 Å². The molecule has 1 aromatic carbocycles. The number of aromatic nitrogens is 1. The fourth-order valence-electron chi connectivity index (χ4n) is 2.95.